The van der Waals surface area contributed by atoms with Gasteiger partial charge in [-0.3, -0.25) is 4.79 Å². The van der Waals surface area contributed by atoms with Crippen LogP contribution < -0.4 is 5.32 Å². The minimum Gasteiger partial charge on any atom is -0.481 e. The van der Waals surface area contributed by atoms with Crippen LogP contribution in [0.25, 0.3) is 10.6 Å². The Hall–Kier alpha value is -2.84. The molecule has 3 aromatic heterocycles. The van der Waals surface area contributed by atoms with Crippen molar-refractivity contribution in [2.75, 3.05) is 5.32 Å². The first-order valence-electron chi connectivity index (χ1n) is 11.9. The van der Waals surface area contributed by atoms with Crippen LogP contribution in [0, 0.1) is 18.3 Å². The molecule has 1 aliphatic rings. The number of nitrogens with zero attached hydrogens (tertiary/aromatic N) is 3. The van der Waals surface area contributed by atoms with Gasteiger partial charge in [-0.1, -0.05) is 34.6 Å². The molecular weight excluding hydrogens is 460 g/mol. The molecule has 4 rings (SSSR count). The quantitative estimate of drug-likeness (QED) is 0.396. The number of aliphatic hydroxyl groups is 1. The first kappa shape index (κ1) is 25.3. The van der Waals surface area contributed by atoms with Crippen LogP contribution in [-0.2, 0) is 15.8 Å². The summed E-state index contributed by atoms with van der Waals surface area (Å²) in [5, 5.41) is 25.0. The van der Waals surface area contributed by atoms with Crippen molar-refractivity contribution in [1.82, 2.24) is 15.0 Å². The molecule has 35 heavy (non-hydrogen) atoms. The average molecular weight is 495 g/mol. The number of pyridine rings is 2. The molecule has 1 saturated carbocycles. The van der Waals surface area contributed by atoms with Crippen molar-refractivity contribution in [3.63, 3.8) is 0 Å². The SMILES string of the molecule is Cc1cc(Nc2cc(C(C)(C)C)ccn2)nc(-c2cnc(C3(O)CCC(C(=O)O)C(C)(C)C3)s2)c1. The van der Waals surface area contributed by atoms with Gasteiger partial charge >= 0.3 is 5.97 Å². The van der Waals surface area contributed by atoms with E-state index in [9.17, 15) is 15.0 Å². The van der Waals surface area contributed by atoms with E-state index in [0.29, 0.717) is 30.1 Å². The fraction of sp³-hybridized carbons (Fsp3) is 0.481. The number of carboxylic acid groups (broad SMARTS) is 1. The summed E-state index contributed by atoms with van der Waals surface area (Å²) < 4.78 is 0. The van der Waals surface area contributed by atoms with E-state index in [-0.39, 0.29) is 5.41 Å². The van der Waals surface area contributed by atoms with E-state index in [4.69, 9.17) is 4.98 Å². The van der Waals surface area contributed by atoms with Gasteiger partial charge in [0.25, 0.3) is 0 Å². The molecule has 3 heterocycles. The summed E-state index contributed by atoms with van der Waals surface area (Å²) in [4.78, 5) is 26.3. The van der Waals surface area contributed by atoms with Crippen molar-refractivity contribution in [2.24, 2.45) is 11.3 Å². The predicted octanol–water partition coefficient (Wildman–Crippen LogP) is 6.05. The number of anilines is 2. The number of thiazole rings is 1. The van der Waals surface area contributed by atoms with E-state index in [1.165, 1.54) is 16.9 Å². The van der Waals surface area contributed by atoms with Crippen molar-refractivity contribution in [3.05, 3.63) is 52.8 Å². The molecule has 0 aliphatic heterocycles. The number of nitrogens with one attached hydrogen (secondary N) is 1. The first-order valence-corrected chi connectivity index (χ1v) is 12.7. The Morgan fingerprint density at radius 2 is 1.91 bits per heavy atom. The molecule has 8 heteroatoms. The van der Waals surface area contributed by atoms with E-state index in [1.54, 1.807) is 12.4 Å². The fourth-order valence-electron chi connectivity index (χ4n) is 4.94. The van der Waals surface area contributed by atoms with Crippen molar-refractivity contribution in [3.8, 4) is 10.6 Å². The number of hydrogen-bond donors (Lipinski definition) is 3. The molecule has 2 unspecified atom stereocenters. The molecule has 1 aliphatic carbocycles. The highest BCUT2D eigenvalue weighted by Gasteiger charge is 2.49. The van der Waals surface area contributed by atoms with Gasteiger partial charge in [-0.05, 0) is 72.4 Å². The Morgan fingerprint density at radius 3 is 2.57 bits per heavy atom. The second-order valence-corrected chi connectivity index (χ2v) is 12.4. The Labute approximate surface area is 210 Å². The van der Waals surface area contributed by atoms with Crippen LogP contribution >= 0.6 is 11.3 Å². The Morgan fingerprint density at radius 1 is 1.17 bits per heavy atom. The van der Waals surface area contributed by atoms with E-state index in [0.717, 1.165) is 22.0 Å². The molecule has 0 bridgehead atoms. The van der Waals surface area contributed by atoms with Crippen LogP contribution in [0.1, 0.15) is 70.0 Å². The third kappa shape index (κ3) is 5.38. The van der Waals surface area contributed by atoms with Gasteiger partial charge in [0.15, 0.2) is 0 Å². The third-order valence-corrected chi connectivity index (χ3v) is 8.06. The number of carbonyl (C=O) groups is 1. The number of aliphatic carboxylic acids is 1. The van der Waals surface area contributed by atoms with Gasteiger partial charge in [0.2, 0.25) is 0 Å². The second kappa shape index (κ2) is 8.99. The molecule has 0 saturated heterocycles. The van der Waals surface area contributed by atoms with E-state index < -0.39 is 22.9 Å². The maximum Gasteiger partial charge on any atom is 0.307 e. The number of hydrogen-bond acceptors (Lipinski definition) is 7. The van der Waals surface area contributed by atoms with Gasteiger partial charge in [0.05, 0.1) is 16.5 Å². The molecule has 0 radical (unpaired) electrons. The van der Waals surface area contributed by atoms with E-state index in [1.807, 2.05) is 45.0 Å². The van der Waals surface area contributed by atoms with Crippen LogP contribution in [0.5, 0.6) is 0 Å². The average Bonchev–Trinajstić information content (AvgIpc) is 3.23. The lowest BCUT2D eigenvalue weighted by Crippen LogP contribution is -2.44. The standard InChI is InChI=1S/C27H34N4O3S/c1-16-11-19(30-22(12-16)31-21-13-17(8-10-28-21)25(2,3)4)20-14-29-24(35-20)27(34)9-7-18(23(32)33)26(5,6)15-27/h8,10-14,18,34H,7,9,15H2,1-6H3,(H,32,33)(H,28,30,31). The number of carboxylic acids is 1. The third-order valence-electron chi connectivity index (χ3n) is 6.84. The highest BCUT2D eigenvalue weighted by atomic mass is 32.1. The predicted molar refractivity (Wildman–Crippen MR) is 139 cm³/mol. The maximum absolute atomic E-state index is 11.7. The Bertz CT molecular complexity index is 1250. The monoisotopic (exact) mass is 494 g/mol. The van der Waals surface area contributed by atoms with Gasteiger partial charge in [-0.25, -0.2) is 15.0 Å². The zero-order valence-corrected chi connectivity index (χ0v) is 22.0. The van der Waals surface area contributed by atoms with Gasteiger partial charge in [-0.15, -0.1) is 11.3 Å². The molecule has 7 nitrogen and oxygen atoms in total. The minimum atomic E-state index is -1.14. The highest BCUT2D eigenvalue weighted by Crippen LogP contribution is 2.50. The fourth-order valence-corrected chi connectivity index (χ4v) is 5.93. The van der Waals surface area contributed by atoms with Crippen molar-refractivity contribution >= 4 is 28.9 Å². The van der Waals surface area contributed by atoms with E-state index >= 15 is 0 Å². The molecule has 3 aromatic rings. The summed E-state index contributed by atoms with van der Waals surface area (Å²) in [7, 11) is 0. The normalized spacial score (nSPS) is 22.1. The molecule has 0 spiro atoms. The Balaban J connectivity index is 1.59. The molecule has 186 valence electrons. The summed E-state index contributed by atoms with van der Waals surface area (Å²) >= 11 is 1.42. The second-order valence-electron chi connectivity index (χ2n) is 11.4. The summed E-state index contributed by atoms with van der Waals surface area (Å²) in [6, 6.07) is 8.03. The minimum absolute atomic E-state index is 0.0159. The van der Waals surface area contributed by atoms with E-state index in [2.05, 4.69) is 36.1 Å². The van der Waals surface area contributed by atoms with Crippen molar-refractivity contribution < 1.29 is 15.0 Å². The lowest BCUT2D eigenvalue weighted by atomic mass is 9.63. The van der Waals surface area contributed by atoms with Gasteiger partial charge in [0.1, 0.15) is 22.2 Å². The van der Waals surface area contributed by atoms with Crippen LogP contribution in [-0.4, -0.2) is 31.1 Å². The molecule has 3 N–H and O–H groups in total. The van der Waals surface area contributed by atoms with Crippen molar-refractivity contribution in [2.45, 2.75) is 71.8 Å². The first-order chi connectivity index (χ1) is 16.3. The van der Waals surface area contributed by atoms with Crippen LogP contribution in [0.4, 0.5) is 11.6 Å². The Kier molecular flexibility index (Phi) is 6.49. The largest absolute Gasteiger partial charge is 0.481 e. The molecular formula is C27H34N4O3S. The smallest absolute Gasteiger partial charge is 0.307 e. The number of aromatic nitrogens is 3. The molecule has 0 aromatic carbocycles. The molecule has 1 fully saturated rings. The van der Waals surface area contributed by atoms with Crippen LogP contribution in [0.2, 0.25) is 0 Å². The molecule has 0 amide bonds. The summed E-state index contributed by atoms with van der Waals surface area (Å²) in [5.41, 5.74) is 1.34. The topological polar surface area (TPSA) is 108 Å². The van der Waals surface area contributed by atoms with Crippen LogP contribution in [0.3, 0.4) is 0 Å². The number of rotatable bonds is 5. The lowest BCUT2D eigenvalue weighted by molar-refractivity contribution is -0.154. The van der Waals surface area contributed by atoms with Crippen LogP contribution in [0.15, 0.2) is 36.7 Å². The molecule has 2 atom stereocenters. The zero-order chi connectivity index (χ0) is 25.6. The van der Waals surface area contributed by atoms with Gasteiger partial charge in [0, 0.05) is 12.4 Å². The number of aryl methyl sites for hydroxylation is 1. The van der Waals surface area contributed by atoms with Crippen molar-refractivity contribution in [1.29, 1.82) is 0 Å². The summed E-state index contributed by atoms with van der Waals surface area (Å²) in [6.45, 7) is 12.3. The van der Waals surface area contributed by atoms with Gasteiger partial charge in [-0.2, -0.15) is 0 Å². The summed E-state index contributed by atoms with van der Waals surface area (Å²) in [6.07, 6.45) is 4.71. The van der Waals surface area contributed by atoms with Gasteiger partial charge < -0.3 is 15.5 Å². The maximum atomic E-state index is 11.7. The zero-order valence-electron chi connectivity index (χ0n) is 21.2. The highest BCUT2D eigenvalue weighted by molar-refractivity contribution is 7.15. The summed E-state index contributed by atoms with van der Waals surface area (Å²) in [5.74, 6) is 0.150. The lowest BCUT2D eigenvalue weighted by Gasteiger charge is -2.44.